The lowest BCUT2D eigenvalue weighted by atomic mass is 10.1. The van der Waals surface area contributed by atoms with Gasteiger partial charge in [0.1, 0.15) is 5.02 Å². The number of fused-ring (bicyclic) bond motifs is 1. The van der Waals surface area contributed by atoms with Crippen LogP contribution in [-0.4, -0.2) is 29.8 Å². The molecule has 3 aromatic heterocycles. The molecule has 7 nitrogen and oxygen atoms in total. The van der Waals surface area contributed by atoms with E-state index >= 15 is 0 Å². The van der Waals surface area contributed by atoms with Gasteiger partial charge >= 0.3 is 5.69 Å². The van der Waals surface area contributed by atoms with Crippen LogP contribution in [0.1, 0.15) is 20.3 Å². The molecule has 0 bridgehead atoms. The number of rotatable bonds is 6. The van der Waals surface area contributed by atoms with E-state index in [2.05, 4.69) is 15.3 Å². The Morgan fingerprint density at radius 2 is 2.07 bits per heavy atom. The largest absolute Gasteiger partial charge is 0.390 e. The summed E-state index contributed by atoms with van der Waals surface area (Å²) in [6.07, 6.45) is 2.04. The van der Waals surface area contributed by atoms with Gasteiger partial charge in [0.25, 0.3) is 0 Å². The fraction of sp³-hybridized carbons (Fsp3) is 0.286. The number of hydrogen-bond donors (Lipinski definition) is 2. The van der Waals surface area contributed by atoms with Crippen LogP contribution in [0, 0.1) is 0 Å². The van der Waals surface area contributed by atoms with E-state index in [1.807, 2.05) is 35.7 Å². The van der Waals surface area contributed by atoms with E-state index in [1.165, 1.54) is 0 Å². The predicted molar refractivity (Wildman–Crippen MR) is 122 cm³/mol. The van der Waals surface area contributed by atoms with Gasteiger partial charge in [0.15, 0.2) is 11.6 Å². The SMILES string of the molecule is Cn1c(=O)n(CCC(C)(C)O)c2cc(Nc3nc(-c4cccs4)ncc3Cl)ccc21. The average Bonchev–Trinajstić information content (AvgIpc) is 3.30. The van der Waals surface area contributed by atoms with Crippen LogP contribution in [0.3, 0.4) is 0 Å². The second-order valence-corrected chi connectivity index (χ2v) is 9.11. The van der Waals surface area contributed by atoms with Crippen molar-refractivity contribution >= 4 is 45.5 Å². The molecule has 0 unspecified atom stereocenters. The maximum Gasteiger partial charge on any atom is 0.328 e. The molecule has 0 aliphatic heterocycles. The second-order valence-electron chi connectivity index (χ2n) is 7.75. The number of thiophene rings is 1. The van der Waals surface area contributed by atoms with Gasteiger partial charge in [0.2, 0.25) is 0 Å². The van der Waals surface area contributed by atoms with Crippen molar-refractivity contribution in [2.75, 3.05) is 5.32 Å². The lowest BCUT2D eigenvalue weighted by Crippen LogP contribution is -2.27. The highest BCUT2D eigenvalue weighted by atomic mass is 35.5. The van der Waals surface area contributed by atoms with Crippen LogP contribution in [0.25, 0.3) is 21.7 Å². The zero-order valence-corrected chi connectivity index (χ0v) is 18.5. The molecule has 0 atom stereocenters. The monoisotopic (exact) mass is 443 g/mol. The summed E-state index contributed by atoms with van der Waals surface area (Å²) in [5.74, 6) is 1.09. The van der Waals surface area contributed by atoms with Crippen LogP contribution >= 0.6 is 22.9 Å². The van der Waals surface area contributed by atoms with Crippen LogP contribution in [-0.2, 0) is 13.6 Å². The zero-order chi connectivity index (χ0) is 21.5. The Bertz CT molecular complexity index is 1260. The predicted octanol–water partition coefficient (Wildman–Crippen LogP) is 4.42. The van der Waals surface area contributed by atoms with Crippen molar-refractivity contribution in [1.82, 2.24) is 19.1 Å². The molecule has 4 aromatic rings. The quantitative estimate of drug-likeness (QED) is 0.461. The highest BCUT2D eigenvalue weighted by Gasteiger charge is 2.17. The summed E-state index contributed by atoms with van der Waals surface area (Å²) < 4.78 is 3.28. The first-order valence-corrected chi connectivity index (χ1v) is 10.7. The molecule has 4 rings (SSSR count). The van der Waals surface area contributed by atoms with Gasteiger partial charge in [-0.2, -0.15) is 0 Å². The average molecular weight is 444 g/mol. The molecule has 3 heterocycles. The Balaban J connectivity index is 1.70. The number of aromatic nitrogens is 4. The van der Waals surface area contributed by atoms with Crippen molar-refractivity contribution in [3.8, 4) is 10.7 Å². The normalized spacial score (nSPS) is 11.9. The van der Waals surface area contributed by atoms with E-state index in [9.17, 15) is 9.90 Å². The third-order valence-corrected chi connectivity index (χ3v) is 5.98. The van der Waals surface area contributed by atoms with E-state index in [-0.39, 0.29) is 5.69 Å². The van der Waals surface area contributed by atoms with Gasteiger partial charge in [0, 0.05) is 19.3 Å². The minimum absolute atomic E-state index is 0.119. The van der Waals surface area contributed by atoms with Gasteiger partial charge < -0.3 is 10.4 Å². The van der Waals surface area contributed by atoms with E-state index in [0.29, 0.717) is 29.6 Å². The Kier molecular flexibility index (Phi) is 5.40. The summed E-state index contributed by atoms with van der Waals surface area (Å²) in [5.41, 5.74) is 1.37. The fourth-order valence-electron chi connectivity index (χ4n) is 3.21. The second kappa shape index (κ2) is 7.86. The standard InChI is InChI=1S/C21H22ClN5O2S/c1-21(2,29)8-9-27-16-11-13(6-7-15(16)26(3)20(27)28)24-18-14(22)12-23-19(25-18)17-5-4-10-30-17/h4-7,10-12,29H,8-9H2,1-3H3,(H,23,24,25). The summed E-state index contributed by atoms with van der Waals surface area (Å²) in [6, 6.07) is 9.56. The first-order valence-electron chi connectivity index (χ1n) is 9.48. The fourth-order valence-corrected chi connectivity index (χ4v) is 4.01. The van der Waals surface area contributed by atoms with Crippen molar-refractivity contribution in [1.29, 1.82) is 0 Å². The molecule has 156 valence electrons. The first-order chi connectivity index (χ1) is 14.2. The van der Waals surface area contributed by atoms with Crippen molar-refractivity contribution in [2.24, 2.45) is 7.05 Å². The minimum atomic E-state index is -0.857. The molecular formula is C21H22ClN5O2S. The number of benzene rings is 1. The number of aliphatic hydroxyl groups is 1. The summed E-state index contributed by atoms with van der Waals surface area (Å²) >= 11 is 7.87. The minimum Gasteiger partial charge on any atom is -0.390 e. The Hall–Kier alpha value is -2.68. The first kappa shape index (κ1) is 20.6. The van der Waals surface area contributed by atoms with E-state index < -0.39 is 5.60 Å². The lowest BCUT2D eigenvalue weighted by molar-refractivity contribution is 0.0662. The molecule has 0 saturated heterocycles. The van der Waals surface area contributed by atoms with Gasteiger partial charge in [-0.05, 0) is 49.9 Å². The van der Waals surface area contributed by atoms with Gasteiger partial charge in [-0.3, -0.25) is 9.13 Å². The number of nitrogens with one attached hydrogen (secondary N) is 1. The molecule has 0 aliphatic carbocycles. The third-order valence-electron chi connectivity index (χ3n) is 4.84. The van der Waals surface area contributed by atoms with Gasteiger partial charge in [-0.1, -0.05) is 17.7 Å². The summed E-state index contributed by atoms with van der Waals surface area (Å²) in [6.45, 7) is 3.89. The lowest BCUT2D eigenvalue weighted by Gasteiger charge is -2.17. The van der Waals surface area contributed by atoms with E-state index in [0.717, 1.165) is 21.6 Å². The van der Waals surface area contributed by atoms with Crippen molar-refractivity contribution < 1.29 is 5.11 Å². The summed E-state index contributed by atoms with van der Waals surface area (Å²) in [7, 11) is 1.74. The molecule has 0 spiro atoms. The van der Waals surface area contributed by atoms with Crippen LogP contribution < -0.4 is 11.0 Å². The zero-order valence-electron chi connectivity index (χ0n) is 16.9. The van der Waals surface area contributed by atoms with Gasteiger partial charge in [-0.15, -0.1) is 11.3 Å². The van der Waals surface area contributed by atoms with Crippen LogP contribution in [0.4, 0.5) is 11.5 Å². The Labute approximate surface area is 182 Å². The molecule has 0 saturated carbocycles. The number of nitrogens with zero attached hydrogens (tertiary/aromatic N) is 4. The molecule has 0 aliphatic rings. The van der Waals surface area contributed by atoms with Gasteiger partial charge in [-0.25, -0.2) is 14.8 Å². The summed E-state index contributed by atoms with van der Waals surface area (Å²) in [5, 5.41) is 15.7. The van der Waals surface area contributed by atoms with Crippen molar-refractivity contribution in [2.45, 2.75) is 32.4 Å². The molecule has 0 fully saturated rings. The van der Waals surface area contributed by atoms with Crippen LogP contribution in [0.2, 0.25) is 5.02 Å². The highest BCUT2D eigenvalue weighted by Crippen LogP contribution is 2.29. The number of anilines is 2. The third kappa shape index (κ3) is 4.12. The molecule has 30 heavy (non-hydrogen) atoms. The molecule has 1 aromatic carbocycles. The van der Waals surface area contributed by atoms with Crippen LogP contribution in [0.15, 0.2) is 46.7 Å². The number of hydrogen-bond acceptors (Lipinski definition) is 6. The molecule has 0 amide bonds. The molecule has 0 radical (unpaired) electrons. The highest BCUT2D eigenvalue weighted by molar-refractivity contribution is 7.13. The molecule has 2 N–H and O–H groups in total. The molecule has 9 heteroatoms. The summed E-state index contributed by atoms with van der Waals surface area (Å²) in [4.78, 5) is 22.5. The maximum atomic E-state index is 12.7. The van der Waals surface area contributed by atoms with Crippen molar-refractivity contribution in [3.05, 3.63) is 57.4 Å². The molecular weight excluding hydrogens is 422 g/mol. The van der Waals surface area contributed by atoms with E-state index in [1.54, 1.807) is 47.6 Å². The number of aryl methyl sites for hydroxylation is 2. The van der Waals surface area contributed by atoms with Crippen LogP contribution in [0.5, 0.6) is 0 Å². The van der Waals surface area contributed by atoms with E-state index in [4.69, 9.17) is 11.6 Å². The topological polar surface area (TPSA) is 85.0 Å². The van der Waals surface area contributed by atoms with Crippen molar-refractivity contribution in [3.63, 3.8) is 0 Å². The Morgan fingerprint density at radius 3 is 2.77 bits per heavy atom. The Morgan fingerprint density at radius 1 is 1.27 bits per heavy atom. The number of halogens is 1. The smallest absolute Gasteiger partial charge is 0.328 e. The maximum absolute atomic E-state index is 12.7. The number of imidazole rings is 1. The van der Waals surface area contributed by atoms with Gasteiger partial charge in [0.05, 0.1) is 27.7 Å².